The Bertz CT molecular complexity index is 598. The third-order valence-corrected chi connectivity index (χ3v) is 5.55. The summed E-state index contributed by atoms with van der Waals surface area (Å²) in [6.07, 6.45) is 2.28. The van der Waals surface area contributed by atoms with Crippen molar-refractivity contribution in [1.82, 2.24) is 9.80 Å². The van der Waals surface area contributed by atoms with E-state index in [4.69, 9.17) is 16.3 Å². The molecule has 0 aromatic heterocycles. The SMILES string of the molecule is CC.Cc1c(Cl)cc([N+](=O)[O-])cc1CN1CCC(N2CCOCC2)CC1. The number of rotatable bonds is 4. The van der Waals surface area contributed by atoms with Crippen LogP contribution in [-0.2, 0) is 11.3 Å². The Labute approximate surface area is 161 Å². The number of ether oxygens (including phenoxy) is 1. The van der Waals surface area contributed by atoms with Crippen molar-refractivity contribution >= 4 is 17.3 Å². The predicted molar refractivity (Wildman–Crippen MR) is 105 cm³/mol. The maximum absolute atomic E-state index is 11.0. The summed E-state index contributed by atoms with van der Waals surface area (Å²) in [7, 11) is 0. The molecule has 7 heteroatoms. The molecule has 2 aliphatic rings. The Morgan fingerprint density at radius 3 is 2.38 bits per heavy atom. The zero-order chi connectivity index (χ0) is 19.1. The highest BCUT2D eigenvalue weighted by Gasteiger charge is 2.26. The van der Waals surface area contributed by atoms with Gasteiger partial charge in [0.25, 0.3) is 5.69 Å². The monoisotopic (exact) mass is 383 g/mol. The van der Waals surface area contributed by atoms with E-state index in [2.05, 4.69) is 9.80 Å². The van der Waals surface area contributed by atoms with Gasteiger partial charge in [-0.1, -0.05) is 25.4 Å². The molecule has 2 heterocycles. The van der Waals surface area contributed by atoms with Crippen LogP contribution in [-0.4, -0.2) is 60.2 Å². The summed E-state index contributed by atoms with van der Waals surface area (Å²) in [5, 5.41) is 11.5. The number of hydrogen-bond donors (Lipinski definition) is 0. The highest BCUT2D eigenvalue weighted by Crippen LogP contribution is 2.28. The summed E-state index contributed by atoms with van der Waals surface area (Å²) in [4.78, 5) is 15.6. The number of likely N-dealkylation sites (tertiary alicyclic amines) is 1. The van der Waals surface area contributed by atoms with E-state index >= 15 is 0 Å². The molecule has 2 saturated heterocycles. The van der Waals surface area contributed by atoms with Crippen molar-refractivity contribution in [1.29, 1.82) is 0 Å². The summed E-state index contributed by atoms with van der Waals surface area (Å²) in [5.41, 5.74) is 1.97. The third kappa shape index (κ3) is 5.39. The van der Waals surface area contributed by atoms with Gasteiger partial charge >= 0.3 is 0 Å². The van der Waals surface area contributed by atoms with Crippen LogP contribution in [0, 0.1) is 17.0 Å². The smallest absolute Gasteiger partial charge is 0.271 e. The molecule has 0 amide bonds. The minimum Gasteiger partial charge on any atom is -0.379 e. The summed E-state index contributed by atoms with van der Waals surface area (Å²) in [6.45, 7) is 12.4. The van der Waals surface area contributed by atoms with Gasteiger partial charge in [0.2, 0.25) is 0 Å². The highest BCUT2D eigenvalue weighted by molar-refractivity contribution is 6.31. The van der Waals surface area contributed by atoms with Gasteiger partial charge in [0.1, 0.15) is 0 Å². The van der Waals surface area contributed by atoms with Gasteiger partial charge in [-0.05, 0) is 44.0 Å². The zero-order valence-electron chi connectivity index (χ0n) is 16.0. The molecule has 6 nitrogen and oxygen atoms in total. The van der Waals surface area contributed by atoms with Gasteiger partial charge in [-0.3, -0.25) is 19.9 Å². The number of halogens is 1. The Morgan fingerprint density at radius 1 is 1.19 bits per heavy atom. The summed E-state index contributed by atoms with van der Waals surface area (Å²) < 4.78 is 5.43. The fourth-order valence-corrected chi connectivity index (χ4v) is 3.85. The maximum atomic E-state index is 11.0. The molecule has 146 valence electrons. The fraction of sp³-hybridized carbons (Fsp3) is 0.684. The number of nitrogens with zero attached hydrogens (tertiary/aromatic N) is 3. The highest BCUT2D eigenvalue weighted by atomic mass is 35.5. The van der Waals surface area contributed by atoms with Crippen LogP contribution in [0.2, 0.25) is 5.02 Å². The van der Waals surface area contributed by atoms with E-state index in [1.807, 2.05) is 20.8 Å². The molecule has 1 aromatic carbocycles. The van der Waals surface area contributed by atoms with E-state index in [9.17, 15) is 10.1 Å². The van der Waals surface area contributed by atoms with Crippen LogP contribution >= 0.6 is 11.6 Å². The van der Waals surface area contributed by atoms with E-state index in [0.717, 1.165) is 69.9 Å². The Kier molecular flexibility index (Phi) is 8.28. The van der Waals surface area contributed by atoms with Crippen molar-refractivity contribution in [3.63, 3.8) is 0 Å². The molecule has 0 spiro atoms. The number of piperidine rings is 1. The second kappa shape index (κ2) is 10.2. The molecule has 0 bridgehead atoms. The first kappa shape index (κ1) is 21.1. The van der Waals surface area contributed by atoms with Crippen LogP contribution in [0.3, 0.4) is 0 Å². The largest absolute Gasteiger partial charge is 0.379 e. The standard InChI is InChI=1S/C17H24ClN3O3.C2H6/c1-13-14(10-16(21(22)23)11-17(13)18)12-19-4-2-15(3-5-19)20-6-8-24-9-7-20;1-2/h10-11,15H,2-9,12H2,1H3;1-2H3. The van der Waals surface area contributed by atoms with Crippen molar-refractivity contribution in [2.45, 2.75) is 46.2 Å². The first-order valence-corrected chi connectivity index (χ1v) is 9.90. The number of hydrogen-bond acceptors (Lipinski definition) is 5. The quantitative estimate of drug-likeness (QED) is 0.583. The van der Waals surface area contributed by atoms with Crippen LogP contribution in [0.25, 0.3) is 0 Å². The van der Waals surface area contributed by atoms with E-state index in [-0.39, 0.29) is 10.6 Å². The van der Waals surface area contributed by atoms with Gasteiger partial charge in [-0.15, -0.1) is 0 Å². The van der Waals surface area contributed by atoms with Crippen LogP contribution < -0.4 is 0 Å². The van der Waals surface area contributed by atoms with Crippen LogP contribution in [0.15, 0.2) is 12.1 Å². The van der Waals surface area contributed by atoms with Crippen molar-refractivity contribution in [3.05, 3.63) is 38.4 Å². The average molecular weight is 384 g/mol. The molecule has 1 aromatic rings. The van der Waals surface area contributed by atoms with Crippen molar-refractivity contribution in [3.8, 4) is 0 Å². The number of nitro groups is 1. The molecular weight excluding hydrogens is 354 g/mol. The first-order valence-electron chi connectivity index (χ1n) is 9.52. The molecule has 0 aliphatic carbocycles. The van der Waals surface area contributed by atoms with E-state index in [1.54, 1.807) is 6.07 Å². The lowest BCUT2D eigenvalue weighted by atomic mass is 10.0. The topological polar surface area (TPSA) is 58.9 Å². The lowest BCUT2D eigenvalue weighted by Crippen LogP contribution is -2.48. The average Bonchev–Trinajstić information content (AvgIpc) is 2.68. The predicted octanol–water partition coefficient (Wildman–Crippen LogP) is 3.88. The van der Waals surface area contributed by atoms with E-state index in [0.29, 0.717) is 11.1 Å². The van der Waals surface area contributed by atoms with Gasteiger partial charge in [-0.2, -0.15) is 0 Å². The molecule has 26 heavy (non-hydrogen) atoms. The van der Waals surface area contributed by atoms with Gasteiger partial charge in [0.05, 0.1) is 23.2 Å². The summed E-state index contributed by atoms with van der Waals surface area (Å²) in [5.74, 6) is 0. The van der Waals surface area contributed by atoms with Crippen LogP contribution in [0.4, 0.5) is 5.69 Å². The molecular formula is C19H30ClN3O3. The number of non-ortho nitro benzene ring substituents is 1. The number of nitro benzene ring substituents is 1. The van der Waals surface area contributed by atoms with Gasteiger partial charge in [0, 0.05) is 37.8 Å². The van der Waals surface area contributed by atoms with Crippen molar-refractivity contribution in [2.24, 2.45) is 0 Å². The molecule has 2 fully saturated rings. The molecule has 0 saturated carbocycles. The molecule has 0 N–H and O–H groups in total. The first-order chi connectivity index (χ1) is 12.5. The van der Waals surface area contributed by atoms with Crippen molar-refractivity contribution in [2.75, 3.05) is 39.4 Å². The summed E-state index contributed by atoms with van der Waals surface area (Å²) in [6, 6.07) is 3.74. The zero-order valence-corrected chi connectivity index (χ0v) is 16.8. The second-order valence-corrected chi connectivity index (χ2v) is 7.03. The third-order valence-electron chi connectivity index (χ3n) is 5.16. The minimum absolute atomic E-state index is 0.0730. The Balaban J connectivity index is 0.00000117. The van der Waals surface area contributed by atoms with Crippen LogP contribution in [0.1, 0.15) is 37.8 Å². The Hall–Kier alpha value is -1.21. The lowest BCUT2D eigenvalue weighted by Gasteiger charge is -2.40. The van der Waals surface area contributed by atoms with E-state index < -0.39 is 0 Å². The maximum Gasteiger partial charge on any atom is 0.271 e. The van der Waals surface area contributed by atoms with Gasteiger partial charge < -0.3 is 4.74 Å². The number of benzene rings is 1. The van der Waals surface area contributed by atoms with Gasteiger partial charge in [-0.25, -0.2) is 0 Å². The molecule has 3 rings (SSSR count). The van der Waals surface area contributed by atoms with Crippen LogP contribution in [0.5, 0.6) is 0 Å². The molecule has 0 radical (unpaired) electrons. The number of morpholine rings is 1. The molecule has 0 unspecified atom stereocenters. The van der Waals surface area contributed by atoms with E-state index in [1.165, 1.54) is 6.07 Å². The Morgan fingerprint density at radius 2 is 1.81 bits per heavy atom. The summed E-state index contributed by atoms with van der Waals surface area (Å²) >= 11 is 6.16. The molecule has 2 aliphatic heterocycles. The normalized spacial score (nSPS) is 19.7. The molecule has 0 atom stereocenters. The van der Waals surface area contributed by atoms with Gasteiger partial charge in [0.15, 0.2) is 0 Å². The fourth-order valence-electron chi connectivity index (χ4n) is 3.62. The second-order valence-electron chi connectivity index (χ2n) is 6.62. The lowest BCUT2D eigenvalue weighted by molar-refractivity contribution is -0.384. The van der Waals surface area contributed by atoms with Crippen molar-refractivity contribution < 1.29 is 9.66 Å². The minimum atomic E-state index is -0.376.